The van der Waals surface area contributed by atoms with Crippen LogP contribution in [0.15, 0.2) is 42.6 Å². The summed E-state index contributed by atoms with van der Waals surface area (Å²) in [6.07, 6.45) is 4.15. The van der Waals surface area contributed by atoms with E-state index in [1.54, 1.807) is 10.9 Å². The number of hydrogen-bond donors (Lipinski definition) is 1. The van der Waals surface area contributed by atoms with Gasteiger partial charge >= 0.3 is 5.97 Å². The molecule has 2 rings (SSSR count). The average Bonchev–Trinajstić information content (AvgIpc) is 2.75. The standard InChI is InChI=1S/C12H11N3O2/c16-12(17)7-6-11-9-15(14-13-11)8-10-4-2-1-3-5-10/h1-7,9H,8H2,(H,16,17)/b7-6+. The summed E-state index contributed by atoms with van der Waals surface area (Å²) in [5, 5.41) is 16.2. The van der Waals surface area contributed by atoms with Crippen LogP contribution in [0.25, 0.3) is 6.08 Å². The van der Waals surface area contributed by atoms with E-state index in [0.29, 0.717) is 12.2 Å². The van der Waals surface area contributed by atoms with Crippen molar-refractivity contribution >= 4 is 12.0 Å². The first-order valence-corrected chi connectivity index (χ1v) is 5.09. The lowest BCUT2D eigenvalue weighted by molar-refractivity contribution is -0.131. The molecular formula is C12H11N3O2. The lowest BCUT2D eigenvalue weighted by atomic mass is 10.2. The smallest absolute Gasteiger partial charge is 0.328 e. The summed E-state index contributed by atoms with van der Waals surface area (Å²) >= 11 is 0. The summed E-state index contributed by atoms with van der Waals surface area (Å²) in [4.78, 5) is 10.3. The first-order valence-electron chi connectivity index (χ1n) is 5.09. The highest BCUT2D eigenvalue weighted by Gasteiger charge is 1.99. The third kappa shape index (κ3) is 3.27. The summed E-state index contributed by atoms with van der Waals surface area (Å²) in [5.74, 6) is -0.998. The normalized spacial score (nSPS) is 10.8. The number of carboxylic acids is 1. The molecule has 0 spiro atoms. The Kier molecular flexibility index (Phi) is 3.30. The molecule has 5 heteroatoms. The Morgan fingerprint density at radius 1 is 1.35 bits per heavy atom. The zero-order valence-corrected chi connectivity index (χ0v) is 9.02. The fraction of sp³-hybridized carbons (Fsp3) is 0.0833. The molecule has 1 aromatic carbocycles. The fourth-order valence-corrected chi connectivity index (χ4v) is 1.39. The van der Waals surface area contributed by atoms with E-state index >= 15 is 0 Å². The molecule has 2 aromatic rings. The van der Waals surface area contributed by atoms with Gasteiger partial charge in [0, 0.05) is 6.08 Å². The van der Waals surface area contributed by atoms with E-state index in [1.807, 2.05) is 30.3 Å². The largest absolute Gasteiger partial charge is 0.478 e. The quantitative estimate of drug-likeness (QED) is 0.805. The molecule has 0 radical (unpaired) electrons. The lowest BCUT2D eigenvalue weighted by Gasteiger charge is -1.98. The van der Waals surface area contributed by atoms with Gasteiger partial charge in [0.2, 0.25) is 0 Å². The third-order valence-electron chi connectivity index (χ3n) is 2.14. The summed E-state index contributed by atoms with van der Waals surface area (Å²) in [6, 6.07) is 9.85. The van der Waals surface area contributed by atoms with Gasteiger partial charge in [-0.15, -0.1) is 5.10 Å². The van der Waals surface area contributed by atoms with Gasteiger partial charge in [0.1, 0.15) is 5.69 Å². The Hall–Kier alpha value is -2.43. The minimum absolute atomic E-state index is 0.531. The van der Waals surface area contributed by atoms with Gasteiger partial charge in [-0.25, -0.2) is 9.48 Å². The zero-order chi connectivity index (χ0) is 12.1. The Bertz CT molecular complexity index is 532. The SMILES string of the molecule is O=C(O)/C=C/c1cn(Cc2ccccc2)nn1. The molecule has 1 heterocycles. The minimum Gasteiger partial charge on any atom is -0.478 e. The molecule has 1 aromatic heterocycles. The number of nitrogens with zero attached hydrogens (tertiary/aromatic N) is 3. The van der Waals surface area contributed by atoms with Crippen LogP contribution in [0.5, 0.6) is 0 Å². The Morgan fingerprint density at radius 3 is 2.82 bits per heavy atom. The van der Waals surface area contributed by atoms with Gasteiger partial charge in [0.15, 0.2) is 0 Å². The predicted molar refractivity (Wildman–Crippen MR) is 62.2 cm³/mol. The Balaban J connectivity index is 2.06. The van der Waals surface area contributed by atoms with Crippen molar-refractivity contribution in [2.24, 2.45) is 0 Å². The number of hydrogen-bond acceptors (Lipinski definition) is 3. The van der Waals surface area contributed by atoms with E-state index < -0.39 is 5.97 Å². The maximum absolute atomic E-state index is 10.3. The molecule has 1 N–H and O–H groups in total. The Labute approximate surface area is 98.0 Å². The molecule has 0 fully saturated rings. The summed E-state index contributed by atoms with van der Waals surface area (Å²) < 4.78 is 1.66. The monoisotopic (exact) mass is 229 g/mol. The van der Waals surface area contributed by atoms with Crippen molar-refractivity contribution in [2.75, 3.05) is 0 Å². The highest BCUT2D eigenvalue weighted by molar-refractivity contribution is 5.84. The van der Waals surface area contributed by atoms with Crippen LogP contribution in [-0.4, -0.2) is 26.1 Å². The highest BCUT2D eigenvalue weighted by Crippen LogP contribution is 2.03. The van der Waals surface area contributed by atoms with E-state index in [1.165, 1.54) is 6.08 Å². The molecule has 0 unspecified atom stereocenters. The predicted octanol–water partition coefficient (Wildman–Crippen LogP) is 1.42. The van der Waals surface area contributed by atoms with Gasteiger partial charge in [0.25, 0.3) is 0 Å². The lowest BCUT2D eigenvalue weighted by Crippen LogP contribution is -1.99. The van der Waals surface area contributed by atoms with Gasteiger partial charge in [-0.2, -0.15) is 0 Å². The molecule has 0 saturated heterocycles. The van der Waals surface area contributed by atoms with Crippen LogP contribution in [0.1, 0.15) is 11.3 Å². The number of carboxylic acid groups (broad SMARTS) is 1. The van der Waals surface area contributed by atoms with E-state index in [4.69, 9.17) is 5.11 Å². The molecule has 0 bridgehead atoms. The average molecular weight is 229 g/mol. The van der Waals surface area contributed by atoms with Crippen molar-refractivity contribution in [1.29, 1.82) is 0 Å². The summed E-state index contributed by atoms with van der Waals surface area (Å²) in [6.45, 7) is 0.620. The summed E-state index contributed by atoms with van der Waals surface area (Å²) in [5.41, 5.74) is 1.65. The minimum atomic E-state index is -0.998. The van der Waals surface area contributed by atoms with Gasteiger partial charge in [-0.1, -0.05) is 35.5 Å². The van der Waals surface area contributed by atoms with Crippen LogP contribution in [0.2, 0.25) is 0 Å². The van der Waals surface area contributed by atoms with E-state index in [9.17, 15) is 4.79 Å². The number of carbonyl (C=O) groups is 1. The highest BCUT2D eigenvalue weighted by atomic mass is 16.4. The van der Waals surface area contributed by atoms with Crippen molar-refractivity contribution in [3.63, 3.8) is 0 Å². The second-order valence-electron chi connectivity index (χ2n) is 3.50. The molecule has 86 valence electrons. The number of benzene rings is 1. The maximum Gasteiger partial charge on any atom is 0.328 e. The van der Waals surface area contributed by atoms with Crippen molar-refractivity contribution in [1.82, 2.24) is 15.0 Å². The van der Waals surface area contributed by atoms with Gasteiger partial charge in [-0.05, 0) is 11.6 Å². The fourth-order valence-electron chi connectivity index (χ4n) is 1.39. The number of aliphatic carboxylic acids is 1. The third-order valence-corrected chi connectivity index (χ3v) is 2.14. The zero-order valence-electron chi connectivity index (χ0n) is 9.02. The first-order chi connectivity index (χ1) is 8.24. The number of rotatable bonds is 4. The van der Waals surface area contributed by atoms with Crippen molar-refractivity contribution in [3.05, 3.63) is 53.9 Å². The van der Waals surface area contributed by atoms with Crippen molar-refractivity contribution in [2.45, 2.75) is 6.54 Å². The van der Waals surface area contributed by atoms with Gasteiger partial charge < -0.3 is 5.11 Å². The van der Waals surface area contributed by atoms with Crippen LogP contribution < -0.4 is 0 Å². The van der Waals surface area contributed by atoms with Crippen LogP contribution in [0, 0.1) is 0 Å². The molecule has 5 nitrogen and oxygen atoms in total. The van der Waals surface area contributed by atoms with E-state index in [0.717, 1.165) is 11.6 Å². The van der Waals surface area contributed by atoms with E-state index in [-0.39, 0.29) is 0 Å². The van der Waals surface area contributed by atoms with Crippen LogP contribution in [-0.2, 0) is 11.3 Å². The second kappa shape index (κ2) is 5.07. The molecule has 0 amide bonds. The van der Waals surface area contributed by atoms with Gasteiger partial charge in [0.05, 0.1) is 12.7 Å². The maximum atomic E-state index is 10.3. The van der Waals surface area contributed by atoms with E-state index in [2.05, 4.69) is 10.3 Å². The second-order valence-corrected chi connectivity index (χ2v) is 3.50. The molecule has 0 atom stereocenters. The molecule has 0 aliphatic carbocycles. The van der Waals surface area contributed by atoms with Crippen molar-refractivity contribution in [3.8, 4) is 0 Å². The molecule has 0 aliphatic rings. The topological polar surface area (TPSA) is 68.0 Å². The van der Waals surface area contributed by atoms with Crippen molar-refractivity contribution < 1.29 is 9.90 Å². The van der Waals surface area contributed by atoms with Crippen LogP contribution >= 0.6 is 0 Å². The number of aromatic nitrogens is 3. The van der Waals surface area contributed by atoms with Crippen LogP contribution in [0.4, 0.5) is 0 Å². The first kappa shape index (κ1) is 11.1. The van der Waals surface area contributed by atoms with Crippen LogP contribution in [0.3, 0.4) is 0 Å². The Morgan fingerprint density at radius 2 is 2.12 bits per heavy atom. The molecular weight excluding hydrogens is 218 g/mol. The molecule has 17 heavy (non-hydrogen) atoms. The molecule has 0 saturated carbocycles. The summed E-state index contributed by atoms with van der Waals surface area (Å²) in [7, 11) is 0. The molecule has 0 aliphatic heterocycles. The van der Waals surface area contributed by atoms with Gasteiger partial charge in [-0.3, -0.25) is 0 Å².